The highest BCUT2D eigenvalue weighted by molar-refractivity contribution is 5.89. The minimum absolute atomic E-state index is 0.0175. The van der Waals surface area contributed by atoms with Crippen molar-refractivity contribution in [2.24, 2.45) is 16.3 Å². The molecule has 0 bridgehead atoms. The van der Waals surface area contributed by atoms with Crippen LogP contribution in [-0.4, -0.2) is 70.0 Å². The van der Waals surface area contributed by atoms with Gasteiger partial charge < -0.3 is 14.6 Å². The summed E-state index contributed by atoms with van der Waals surface area (Å²) >= 11 is 0. The van der Waals surface area contributed by atoms with E-state index in [9.17, 15) is 19.9 Å². The summed E-state index contributed by atoms with van der Waals surface area (Å²) in [6.07, 6.45) is 7.44. The van der Waals surface area contributed by atoms with Gasteiger partial charge in [-0.2, -0.15) is 0 Å². The Morgan fingerprint density at radius 1 is 1.39 bits per heavy atom. The topological polar surface area (TPSA) is 112 Å². The third-order valence-corrected chi connectivity index (χ3v) is 7.83. The van der Waals surface area contributed by atoms with Crippen LogP contribution in [0.15, 0.2) is 28.1 Å². The molecule has 2 aliphatic carbocycles. The van der Waals surface area contributed by atoms with Crippen molar-refractivity contribution in [2.75, 3.05) is 13.7 Å². The van der Waals surface area contributed by atoms with Gasteiger partial charge in [0.2, 0.25) is 5.72 Å². The monoisotopic (exact) mass is 431 g/mol. The zero-order valence-electron chi connectivity index (χ0n) is 17.9. The zero-order valence-corrected chi connectivity index (χ0v) is 17.9. The molecule has 168 valence electrons. The van der Waals surface area contributed by atoms with E-state index in [1.54, 1.807) is 0 Å². The van der Waals surface area contributed by atoms with Crippen molar-refractivity contribution >= 4 is 18.2 Å². The summed E-state index contributed by atoms with van der Waals surface area (Å²) in [4.78, 5) is 30.7. The summed E-state index contributed by atoms with van der Waals surface area (Å²) in [5.74, 6) is 0.670. The van der Waals surface area contributed by atoms with Gasteiger partial charge in [0, 0.05) is 49.4 Å². The first-order chi connectivity index (χ1) is 14.8. The molecule has 5 atom stereocenters. The lowest BCUT2D eigenvalue weighted by atomic mass is 9.61. The Bertz CT molecular complexity index is 913. The fourth-order valence-electron chi connectivity index (χ4n) is 6.56. The number of hydroxylamine groups is 2. The van der Waals surface area contributed by atoms with E-state index < -0.39 is 23.8 Å². The zero-order chi connectivity index (χ0) is 22.0. The second-order valence-electron chi connectivity index (χ2n) is 9.52. The molecule has 5 rings (SSSR count). The molecule has 3 aliphatic heterocycles. The van der Waals surface area contributed by atoms with E-state index in [1.165, 1.54) is 12.7 Å². The molecule has 2 amide bonds. The quantitative estimate of drug-likeness (QED) is 0.525. The first-order valence-corrected chi connectivity index (χ1v) is 11.0. The van der Waals surface area contributed by atoms with Gasteiger partial charge in [0.1, 0.15) is 11.9 Å². The van der Waals surface area contributed by atoms with E-state index in [4.69, 9.17) is 9.47 Å². The van der Waals surface area contributed by atoms with E-state index in [0.29, 0.717) is 23.8 Å². The predicted octanol–water partition coefficient (Wildman–Crippen LogP) is 2.91. The van der Waals surface area contributed by atoms with Crippen molar-refractivity contribution in [1.82, 2.24) is 9.96 Å². The number of nitrogens with zero attached hydrogens (tertiary/aromatic N) is 3. The van der Waals surface area contributed by atoms with Crippen molar-refractivity contribution in [3.63, 3.8) is 0 Å². The lowest BCUT2D eigenvalue weighted by Crippen LogP contribution is -2.61. The van der Waals surface area contributed by atoms with Crippen LogP contribution < -0.4 is 0 Å². The van der Waals surface area contributed by atoms with Crippen LogP contribution in [0.5, 0.6) is 0 Å². The molecule has 2 unspecified atom stereocenters. The molecule has 31 heavy (non-hydrogen) atoms. The molecule has 0 aromatic heterocycles. The van der Waals surface area contributed by atoms with Crippen molar-refractivity contribution in [1.29, 1.82) is 0 Å². The van der Waals surface area contributed by atoms with Crippen LogP contribution in [0.1, 0.15) is 51.9 Å². The van der Waals surface area contributed by atoms with Gasteiger partial charge in [0.15, 0.2) is 0 Å². The summed E-state index contributed by atoms with van der Waals surface area (Å²) in [5.41, 5.74) is 0.355. The fraction of sp³-hybridized carbons (Fsp3) is 0.682. The lowest BCUT2D eigenvalue weighted by molar-refractivity contribution is -0.189. The Labute approximate surface area is 181 Å². The summed E-state index contributed by atoms with van der Waals surface area (Å²) < 4.78 is 12.0. The highest BCUT2D eigenvalue weighted by atomic mass is 16.6. The SMILES string of the molecule is CO[C@@]1(N(C(=O)O)[C@@H]2CC3=CN=CCC45CC(C)CC[C@H]4OC(=C35)C2)CCN(O)C1=O. The first-order valence-electron chi connectivity index (χ1n) is 11.0. The van der Waals surface area contributed by atoms with Crippen LogP contribution in [0.4, 0.5) is 4.79 Å². The van der Waals surface area contributed by atoms with Gasteiger partial charge in [-0.05, 0) is 43.6 Å². The number of carbonyl (C=O) groups is 2. The number of hydrogen-bond donors (Lipinski definition) is 2. The summed E-state index contributed by atoms with van der Waals surface area (Å²) in [7, 11) is 1.31. The molecule has 2 N–H and O–H groups in total. The summed E-state index contributed by atoms with van der Waals surface area (Å²) in [5, 5.41) is 20.6. The average Bonchev–Trinajstić information content (AvgIpc) is 3.12. The Hall–Kier alpha value is -2.39. The molecule has 1 spiro atoms. The van der Waals surface area contributed by atoms with Crippen LogP contribution in [-0.2, 0) is 14.3 Å². The standard InChI is InChI=1S/C22H29N3O6/c1-13-3-4-17-21(11-13)5-7-23-12-14-9-15(10-16(31-17)18(14)21)25(20(27)28)22(30-2)6-8-24(29)19(22)26/h7,12-13,15,17,29H,3-6,8-11H2,1-2H3,(H,27,28)/t13?,15-,17-,21?,22+/m1/s1. The Balaban J connectivity index is 1.55. The molecule has 1 saturated carbocycles. The number of methoxy groups -OCH3 is 1. The van der Waals surface area contributed by atoms with E-state index in [1.807, 2.05) is 12.4 Å². The second kappa shape index (κ2) is 7.06. The minimum Gasteiger partial charge on any atom is -0.493 e. The number of ether oxygens (including phenoxy) is 2. The van der Waals surface area contributed by atoms with Crippen molar-refractivity contribution in [2.45, 2.75) is 69.7 Å². The lowest BCUT2D eigenvalue weighted by Gasteiger charge is -2.44. The van der Waals surface area contributed by atoms with Gasteiger partial charge in [-0.3, -0.25) is 19.9 Å². The predicted molar refractivity (Wildman–Crippen MR) is 109 cm³/mol. The van der Waals surface area contributed by atoms with E-state index in [-0.39, 0.29) is 24.5 Å². The maximum absolute atomic E-state index is 12.7. The van der Waals surface area contributed by atoms with Gasteiger partial charge >= 0.3 is 6.09 Å². The number of amides is 2. The Kier molecular flexibility index (Phi) is 4.67. The maximum atomic E-state index is 12.7. The van der Waals surface area contributed by atoms with E-state index in [2.05, 4.69) is 11.9 Å². The largest absolute Gasteiger partial charge is 0.493 e. The number of carboxylic acid groups (broad SMARTS) is 1. The summed E-state index contributed by atoms with van der Waals surface area (Å²) in [6.45, 7) is 2.30. The molecular formula is C22H29N3O6. The van der Waals surface area contributed by atoms with Crippen molar-refractivity contribution in [3.05, 3.63) is 23.1 Å². The maximum Gasteiger partial charge on any atom is 0.410 e. The van der Waals surface area contributed by atoms with Gasteiger partial charge in [-0.25, -0.2) is 9.86 Å². The highest BCUT2D eigenvalue weighted by Gasteiger charge is 2.60. The third kappa shape index (κ3) is 2.79. The van der Waals surface area contributed by atoms with Crippen LogP contribution in [0.3, 0.4) is 0 Å². The van der Waals surface area contributed by atoms with E-state index in [0.717, 1.165) is 41.9 Å². The smallest absolute Gasteiger partial charge is 0.410 e. The minimum atomic E-state index is -1.74. The number of hydrogen-bond acceptors (Lipinski definition) is 6. The first kappa shape index (κ1) is 20.5. The van der Waals surface area contributed by atoms with Gasteiger partial charge in [-0.1, -0.05) is 6.92 Å². The van der Waals surface area contributed by atoms with Crippen LogP contribution in [0.25, 0.3) is 0 Å². The van der Waals surface area contributed by atoms with Crippen molar-refractivity contribution in [3.8, 4) is 0 Å². The Morgan fingerprint density at radius 3 is 2.87 bits per heavy atom. The molecular weight excluding hydrogens is 402 g/mol. The molecule has 0 aromatic rings. The second-order valence-corrected chi connectivity index (χ2v) is 9.52. The molecule has 9 heteroatoms. The molecule has 0 radical (unpaired) electrons. The Morgan fingerprint density at radius 2 is 2.19 bits per heavy atom. The van der Waals surface area contributed by atoms with Gasteiger partial charge in [0.05, 0.1) is 6.54 Å². The summed E-state index contributed by atoms with van der Waals surface area (Å²) in [6, 6.07) is -0.555. The molecule has 9 nitrogen and oxygen atoms in total. The van der Waals surface area contributed by atoms with Gasteiger partial charge in [0.25, 0.3) is 5.91 Å². The molecule has 2 fully saturated rings. The third-order valence-electron chi connectivity index (χ3n) is 7.83. The number of carbonyl (C=O) groups excluding carboxylic acids is 1. The van der Waals surface area contributed by atoms with Crippen LogP contribution >= 0.6 is 0 Å². The highest BCUT2D eigenvalue weighted by Crippen LogP contribution is 2.60. The van der Waals surface area contributed by atoms with Crippen LogP contribution in [0, 0.1) is 11.3 Å². The number of aliphatic imine (C=N–C) groups is 1. The molecule has 0 aromatic carbocycles. The van der Waals surface area contributed by atoms with Crippen LogP contribution in [0.2, 0.25) is 0 Å². The number of rotatable bonds is 3. The molecule has 1 saturated heterocycles. The van der Waals surface area contributed by atoms with E-state index >= 15 is 0 Å². The van der Waals surface area contributed by atoms with Crippen molar-refractivity contribution < 1.29 is 29.4 Å². The normalized spacial score (nSPS) is 38.9. The van der Waals surface area contributed by atoms with Gasteiger partial charge in [-0.15, -0.1) is 0 Å². The molecule has 3 heterocycles. The fourth-order valence-corrected chi connectivity index (χ4v) is 6.56. The molecule has 5 aliphatic rings. The average molecular weight is 431 g/mol.